The van der Waals surface area contributed by atoms with Crippen molar-refractivity contribution in [3.05, 3.63) is 71.5 Å². The minimum atomic E-state index is -0.458. The van der Waals surface area contributed by atoms with Crippen molar-refractivity contribution in [2.45, 2.75) is 33.5 Å². The van der Waals surface area contributed by atoms with Gasteiger partial charge in [-0.15, -0.1) is 0 Å². The van der Waals surface area contributed by atoms with Gasteiger partial charge in [0.2, 0.25) is 5.76 Å². The van der Waals surface area contributed by atoms with Crippen molar-refractivity contribution in [3.8, 4) is 5.75 Å². The molecule has 0 aromatic heterocycles. The third kappa shape index (κ3) is 6.34. The second-order valence-corrected chi connectivity index (χ2v) is 5.74. The molecule has 0 aliphatic carbocycles. The molecule has 0 radical (unpaired) electrons. The molecule has 0 bridgehead atoms. The Labute approximate surface area is 149 Å². The van der Waals surface area contributed by atoms with Crippen LogP contribution in [0, 0.1) is 0 Å². The van der Waals surface area contributed by atoms with Crippen molar-refractivity contribution in [2.75, 3.05) is 6.61 Å². The molecule has 4 heteroatoms. The SMILES string of the molecule is CCOC(=O)/C(=C/c1ccc(OCc2ccccc2)cc1)OC(C)C. The third-order valence-corrected chi connectivity index (χ3v) is 3.27. The molecule has 0 amide bonds. The molecule has 0 saturated carbocycles. The monoisotopic (exact) mass is 340 g/mol. The van der Waals surface area contributed by atoms with Crippen molar-refractivity contribution in [1.82, 2.24) is 0 Å². The summed E-state index contributed by atoms with van der Waals surface area (Å²) in [7, 11) is 0. The predicted molar refractivity (Wildman–Crippen MR) is 98.0 cm³/mol. The van der Waals surface area contributed by atoms with Crippen molar-refractivity contribution in [2.24, 2.45) is 0 Å². The van der Waals surface area contributed by atoms with E-state index in [1.54, 1.807) is 13.0 Å². The molecule has 132 valence electrons. The lowest BCUT2D eigenvalue weighted by molar-refractivity contribution is -0.143. The van der Waals surface area contributed by atoms with Gasteiger partial charge in [0.1, 0.15) is 12.4 Å². The van der Waals surface area contributed by atoms with Crippen molar-refractivity contribution in [3.63, 3.8) is 0 Å². The quantitative estimate of drug-likeness (QED) is 0.400. The first-order valence-electron chi connectivity index (χ1n) is 8.40. The molecule has 2 aromatic carbocycles. The van der Waals surface area contributed by atoms with Gasteiger partial charge >= 0.3 is 5.97 Å². The van der Waals surface area contributed by atoms with Crippen LogP contribution in [0.2, 0.25) is 0 Å². The highest BCUT2D eigenvalue weighted by Crippen LogP contribution is 2.17. The van der Waals surface area contributed by atoms with E-state index in [1.165, 1.54) is 0 Å². The Morgan fingerprint density at radius 1 is 1.04 bits per heavy atom. The summed E-state index contributed by atoms with van der Waals surface area (Å²) >= 11 is 0. The molecule has 25 heavy (non-hydrogen) atoms. The lowest BCUT2D eigenvalue weighted by Gasteiger charge is -2.12. The zero-order chi connectivity index (χ0) is 18.1. The first-order valence-corrected chi connectivity index (χ1v) is 8.40. The Kier molecular flexibility index (Phi) is 7.08. The number of ether oxygens (including phenoxy) is 3. The summed E-state index contributed by atoms with van der Waals surface area (Å²) in [5.74, 6) is 0.513. The second-order valence-electron chi connectivity index (χ2n) is 5.74. The number of carbonyl (C=O) groups is 1. The Morgan fingerprint density at radius 2 is 1.72 bits per heavy atom. The van der Waals surface area contributed by atoms with E-state index in [-0.39, 0.29) is 11.9 Å². The van der Waals surface area contributed by atoms with E-state index in [1.807, 2.05) is 68.4 Å². The molecular weight excluding hydrogens is 316 g/mol. The summed E-state index contributed by atoms with van der Waals surface area (Å²) in [5, 5.41) is 0. The van der Waals surface area contributed by atoms with Crippen LogP contribution in [0.4, 0.5) is 0 Å². The van der Waals surface area contributed by atoms with Gasteiger partial charge in [0.15, 0.2) is 0 Å². The normalized spacial score (nSPS) is 11.3. The van der Waals surface area contributed by atoms with E-state index in [0.29, 0.717) is 13.2 Å². The average molecular weight is 340 g/mol. The number of rotatable bonds is 8. The Bertz CT molecular complexity index is 688. The molecule has 0 unspecified atom stereocenters. The maximum atomic E-state index is 12.0. The van der Waals surface area contributed by atoms with Crippen molar-refractivity contribution in [1.29, 1.82) is 0 Å². The molecule has 0 spiro atoms. The molecule has 0 aliphatic heterocycles. The van der Waals surface area contributed by atoms with Crippen LogP contribution in [0.3, 0.4) is 0 Å². The van der Waals surface area contributed by atoms with Crippen LogP contribution in [-0.4, -0.2) is 18.7 Å². The van der Waals surface area contributed by atoms with Crippen LogP contribution < -0.4 is 4.74 Å². The Balaban J connectivity index is 2.04. The standard InChI is InChI=1S/C21H24O4/c1-4-23-21(22)20(25-16(2)3)14-17-10-12-19(13-11-17)24-15-18-8-6-5-7-9-18/h5-14,16H,4,15H2,1-3H3/b20-14-. The topological polar surface area (TPSA) is 44.8 Å². The van der Waals surface area contributed by atoms with Gasteiger partial charge < -0.3 is 14.2 Å². The molecule has 0 heterocycles. The van der Waals surface area contributed by atoms with Gasteiger partial charge in [-0.25, -0.2) is 4.79 Å². The highest BCUT2D eigenvalue weighted by Gasteiger charge is 2.14. The van der Waals surface area contributed by atoms with Gasteiger partial charge in [0, 0.05) is 0 Å². The van der Waals surface area contributed by atoms with Gasteiger partial charge in [-0.05, 0) is 50.1 Å². The summed E-state index contributed by atoms with van der Waals surface area (Å²) in [6.45, 7) is 6.33. The summed E-state index contributed by atoms with van der Waals surface area (Å²) in [5.41, 5.74) is 1.96. The molecule has 0 saturated heterocycles. The Morgan fingerprint density at radius 3 is 2.32 bits per heavy atom. The lowest BCUT2D eigenvalue weighted by Crippen LogP contribution is -2.14. The fourth-order valence-electron chi connectivity index (χ4n) is 2.15. The maximum Gasteiger partial charge on any atom is 0.373 e. The van der Waals surface area contributed by atoms with E-state index < -0.39 is 5.97 Å². The summed E-state index contributed by atoms with van der Waals surface area (Å²) in [6.07, 6.45) is 1.57. The van der Waals surface area contributed by atoms with Crippen LogP contribution in [0.1, 0.15) is 31.9 Å². The van der Waals surface area contributed by atoms with E-state index in [2.05, 4.69) is 0 Å². The average Bonchev–Trinajstić information content (AvgIpc) is 2.61. The van der Waals surface area contributed by atoms with Crippen LogP contribution in [-0.2, 0) is 20.9 Å². The molecule has 0 atom stereocenters. The maximum absolute atomic E-state index is 12.0. The largest absolute Gasteiger partial charge is 0.489 e. The summed E-state index contributed by atoms with van der Waals surface area (Å²) in [6, 6.07) is 17.5. The molecule has 0 aliphatic rings. The molecule has 0 fully saturated rings. The zero-order valence-corrected chi connectivity index (χ0v) is 14.9. The summed E-state index contributed by atoms with van der Waals surface area (Å²) in [4.78, 5) is 12.0. The molecule has 0 N–H and O–H groups in total. The number of esters is 1. The predicted octanol–water partition coefficient (Wildman–Crippen LogP) is 4.59. The first kappa shape index (κ1) is 18.6. The lowest BCUT2D eigenvalue weighted by atomic mass is 10.2. The highest BCUT2D eigenvalue weighted by atomic mass is 16.6. The minimum Gasteiger partial charge on any atom is -0.489 e. The molecular formula is C21H24O4. The fraction of sp³-hybridized carbons (Fsp3) is 0.286. The molecule has 4 nitrogen and oxygen atoms in total. The van der Waals surface area contributed by atoms with Crippen molar-refractivity contribution < 1.29 is 19.0 Å². The zero-order valence-electron chi connectivity index (χ0n) is 14.9. The molecule has 2 aromatic rings. The first-order chi connectivity index (χ1) is 12.1. The van der Waals surface area contributed by atoms with E-state index >= 15 is 0 Å². The molecule has 2 rings (SSSR count). The van der Waals surface area contributed by atoms with Crippen LogP contribution in [0.25, 0.3) is 6.08 Å². The van der Waals surface area contributed by atoms with Gasteiger partial charge in [0.05, 0.1) is 12.7 Å². The number of hydrogen-bond donors (Lipinski definition) is 0. The van der Waals surface area contributed by atoms with Gasteiger partial charge in [0.25, 0.3) is 0 Å². The third-order valence-electron chi connectivity index (χ3n) is 3.27. The van der Waals surface area contributed by atoms with Crippen molar-refractivity contribution >= 4 is 12.0 Å². The van der Waals surface area contributed by atoms with E-state index in [0.717, 1.165) is 16.9 Å². The highest BCUT2D eigenvalue weighted by molar-refractivity contribution is 5.91. The summed E-state index contributed by atoms with van der Waals surface area (Å²) < 4.78 is 16.4. The Hall–Kier alpha value is -2.75. The van der Waals surface area contributed by atoms with E-state index in [9.17, 15) is 4.79 Å². The fourth-order valence-corrected chi connectivity index (χ4v) is 2.15. The van der Waals surface area contributed by atoms with Gasteiger partial charge in [-0.1, -0.05) is 42.5 Å². The minimum absolute atomic E-state index is 0.107. The van der Waals surface area contributed by atoms with Crippen LogP contribution in [0.15, 0.2) is 60.4 Å². The number of hydrogen-bond acceptors (Lipinski definition) is 4. The van der Waals surface area contributed by atoms with Gasteiger partial charge in [-0.2, -0.15) is 0 Å². The number of benzene rings is 2. The second kappa shape index (κ2) is 9.52. The van der Waals surface area contributed by atoms with Crippen LogP contribution in [0.5, 0.6) is 5.75 Å². The smallest absolute Gasteiger partial charge is 0.373 e. The van der Waals surface area contributed by atoms with Crippen LogP contribution >= 0.6 is 0 Å². The number of carbonyl (C=O) groups excluding carboxylic acids is 1. The van der Waals surface area contributed by atoms with E-state index in [4.69, 9.17) is 14.2 Å². The van der Waals surface area contributed by atoms with Gasteiger partial charge in [-0.3, -0.25) is 0 Å².